The molecule has 2 rings (SSSR count). The Balaban J connectivity index is 1.69. The Morgan fingerprint density at radius 1 is 1.05 bits per heavy atom. The van der Waals surface area contributed by atoms with Crippen molar-refractivity contribution in [2.75, 3.05) is 26.2 Å². The van der Waals surface area contributed by atoms with Crippen LogP contribution < -0.4 is 5.32 Å². The van der Waals surface area contributed by atoms with Gasteiger partial charge in [-0.1, -0.05) is 26.7 Å². The van der Waals surface area contributed by atoms with Gasteiger partial charge in [-0.3, -0.25) is 0 Å². The van der Waals surface area contributed by atoms with Gasteiger partial charge in [0, 0.05) is 12.6 Å². The second kappa shape index (κ2) is 8.26. The maximum Gasteiger partial charge on any atom is 0.00953 e. The van der Waals surface area contributed by atoms with Crippen molar-refractivity contribution in [2.24, 2.45) is 11.8 Å². The molecule has 1 saturated carbocycles. The van der Waals surface area contributed by atoms with Crippen LogP contribution in [0.1, 0.15) is 65.2 Å². The average molecular weight is 266 g/mol. The molecule has 2 fully saturated rings. The lowest BCUT2D eigenvalue weighted by molar-refractivity contribution is 0.168. The van der Waals surface area contributed by atoms with Gasteiger partial charge < -0.3 is 10.2 Å². The summed E-state index contributed by atoms with van der Waals surface area (Å²) >= 11 is 0. The number of hydrogen-bond acceptors (Lipinski definition) is 2. The molecule has 19 heavy (non-hydrogen) atoms. The molecule has 0 spiro atoms. The lowest BCUT2D eigenvalue weighted by Gasteiger charge is -2.31. The van der Waals surface area contributed by atoms with Gasteiger partial charge in [0.25, 0.3) is 0 Å². The Labute approximate surface area is 120 Å². The molecule has 1 saturated heterocycles. The van der Waals surface area contributed by atoms with Crippen molar-refractivity contribution >= 4 is 0 Å². The zero-order valence-corrected chi connectivity index (χ0v) is 13.2. The van der Waals surface area contributed by atoms with Crippen molar-refractivity contribution in [1.29, 1.82) is 0 Å². The van der Waals surface area contributed by atoms with Gasteiger partial charge in [-0.05, 0) is 70.0 Å². The Morgan fingerprint density at radius 3 is 2.37 bits per heavy atom. The van der Waals surface area contributed by atoms with Crippen LogP contribution in [0.25, 0.3) is 0 Å². The summed E-state index contributed by atoms with van der Waals surface area (Å²) < 4.78 is 0. The van der Waals surface area contributed by atoms with E-state index in [1.165, 1.54) is 77.5 Å². The summed E-state index contributed by atoms with van der Waals surface area (Å²) in [6.45, 7) is 9.92. The predicted molar refractivity (Wildman–Crippen MR) is 83.5 cm³/mol. The molecule has 0 atom stereocenters. The normalized spacial score (nSPS) is 22.7. The molecule has 112 valence electrons. The molecule has 1 N–H and O–H groups in total. The first-order chi connectivity index (χ1) is 9.25. The maximum atomic E-state index is 3.47. The minimum atomic E-state index is 0.819. The fraction of sp³-hybridized carbons (Fsp3) is 1.00. The van der Waals surface area contributed by atoms with Gasteiger partial charge in [0.2, 0.25) is 0 Å². The Bertz CT molecular complexity index is 227. The minimum Gasteiger partial charge on any atom is -0.317 e. The lowest BCUT2D eigenvalue weighted by Crippen LogP contribution is -2.37. The highest BCUT2D eigenvalue weighted by molar-refractivity contribution is 4.78. The second-order valence-corrected chi connectivity index (χ2v) is 7.16. The molecule has 2 nitrogen and oxygen atoms in total. The standard InChI is InChI=1S/C17H34N2/c1-15(2)14-19(17-7-3-4-8-17)13-5-6-16-9-11-18-12-10-16/h15-18H,3-14H2,1-2H3. The van der Waals surface area contributed by atoms with Gasteiger partial charge in [-0.25, -0.2) is 0 Å². The number of nitrogens with one attached hydrogen (secondary N) is 1. The van der Waals surface area contributed by atoms with E-state index in [1.807, 2.05) is 0 Å². The summed E-state index contributed by atoms with van der Waals surface area (Å²) in [6, 6.07) is 0.912. The molecule has 0 aromatic heterocycles. The molecule has 0 unspecified atom stereocenters. The third-order valence-electron chi connectivity index (χ3n) is 4.96. The van der Waals surface area contributed by atoms with Crippen LogP contribution in [0.15, 0.2) is 0 Å². The van der Waals surface area contributed by atoms with Gasteiger partial charge >= 0.3 is 0 Å². The third kappa shape index (κ3) is 5.43. The van der Waals surface area contributed by atoms with Crippen LogP contribution in [-0.4, -0.2) is 37.1 Å². The fourth-order valence-corrected chi connectivity index (χ4v) is 3.91. The molecule has 2 heteroatoms. The molecule has 1 aliphatic heterocycles. The predicted octanol–water partition coefficient (Wildman–Crippen LogP) is 3.67. The zero-order valence-electron chi connectivity index (χ0n) is 13.2. The summed E-state index contributed by atoms with van der Waals surface area (Å²) in [5.41, 5.74) is 0. The topological polar surface area (TPSA) is 15.3 Å². The van der Waals surface area contributed by atoms with Crippen LogP contribution in [0.4, 0.5) is 0 Å². The SMILES string of the molecule is CC(C)CN(CCCC1CCNCC1)C1CCCC1. The zero-order chi connectivity index (χ0) is 13.5. The number of hydrogen-bond donors (Lipinski definition) is 1. The molecule has 2 aliphatic rings. The second-order valence-electron chi connectivity index (χ2n) is 7.16. The molecular formula is C17H34N2. The third-order valence-corrected chi connectivity index (χ3v) is 4.96. The van der Waals surface area contributed by atoms with Crippen LogP contribution in [0.5, 0.6) is 0 Å². The maximum absolute atomic E-state index is 3.47. The highest BCUT2D eigenvalue weighted by atomic mass is 15.2. The average Bonchev–Trinajstić information content (AvgIpc) is 2.92. The van der Waals surface area contributed by atoms with E-state index in [4.69, 9.17) is 0 Å². The molecule has 0 radical (unpaired) electrons. The lowest BCUT2D eigenvalue weighted by atomic mass is 9.93. The van der Waals surface area contributed by atoms with E-state index in [0.717, 1.165) is 17.9 Å². The van der Waals surface area contributed by atoms with Crippen LogP contribution in [-0.2, 0) is 0 Å². The van der Waals surface area contributed by atoms with Crippen LogP contribution in [0, 0.1) is 11.8 Å². The van der Waals surface area contributed by atoms with E-state index in [-0.39, 0.29) is 0 Å². The molecular weight excluding hydrogens is 232 g/mol. The van der Waals surface area contributed by atoms with Crippen molar-refractivity contribution in [3.05, 3.63) is 0 Å². The first kappa shape index (κ1) is 15.3. The number of nitrogens with zero attached hydrogens (tertiary/aromatic N) is 1. The summed E-state index contributed by atoms with van der Waals surface area (Å²) in [5.74, 6) is 1.82. The quantitative estimate of drug-likeness (QED) is 0.756. The van der Waals surface area contributed by atoms with E-state index < -0.39 is 0 Å². The number of piperidine rings is 1. The van der Waals surface area contributed by atoms with Gasteiger partial charge in [0.15, 0.2) is 0 Å². The van der Waals surface area contributed by atoms with Gasteiger partial charge in [0.1, 0.15) is 0 Å². The highest BCUT2D eigenvalue weighted by Gasteiger charge is 2.23. The van der Waals surface area contributed by atoms with Crippen molar-refractivity contribution in [3.63, 3.8) is 0 Å². The van der Waals surface area contributed by atoms with Crippen LogP contribution >= 0.6 is 0 Å². The van der Waals surface area contributed by atoms with E-state index in [1.54, 1.807) is 0 Å². The van der Waals surface area contributed by atoms with Crippen molar-refractivity contribution in [3.8, 4) is 0 Å². The van der Waals surface area contributed by atoms with Gasteiger partial charge in [0.05, 0.1) is 0 Å². The first-order valence-electron chi connectivity index (χ1n) is 8.70. The number of rotatable bonds is 7. The highest BCUT2D eigenvalue weighted by Crippen LogP contribution is 2.25. The Kier molecular flexibility index (Phi) is 6.66. The minimum absolute atomic E-state index is 0.819. The first-order valence-corrected chi connectivity index (χ1v) is 8.70. The molecule has 0 aromatic rings. The van der Waals surface area contributed by atoms with E-state index >= 15 is 0 Å². The van der Waals surface area contributed by atoms with Crippen LogP contribution in [0.3, 0.4) is 0 Å². The smallest absolute Gasteiger partial charge is 0.00953 e. The van der Waals surface area contributed by atoms with E-state index in [0.29, 0.717) is 0 Å². The summed E-state index contributed by atoms with van der Waals surface area (Å²) in [7, 11) is 0. The van der Waals surface area contributed by atoms with Crippen LogP contribution in [0.2, 0.25) is 0 Å². The summed E-state index contributed by atoms with van der Waals surface area (Å²) in [6.07, 6.45) is 11.6. The molecule has 0 amide bonds. The summed E-state index contributed by atoms with van der Waals surface area (Å²) in [5, 5.41) is 3.47. The largest absolute Gasteiger partial charge is 0.317 e. The van der Waals surface area contributed by atoms with Crippen molar-refractivity contribution in [2.45, 2.75) is 71.3 Å². The fourth-order valence-electron chi connectivity index (χ4n) is 3.91. The Hall–Kier alpha value is -0.0800. The molecule has 0 bridgehead atoms. The van der Waals surface area contributed by atoms with Gasteiger partial charge in [-0.15, -0.1) is 0 Å². The van der Waals surface area contributed by atoms with Crippen molar-refractivity contribution < 1.29 is 0 Å². The monoisotopic (exact) mass is 266 g/mol. The molecule has 1 aliphatic carbocycles. The molecule has 0 aromatic carbocycles. The van der Waals surface area contributed by atoms with Gasteiger partial charge in [-0.2, -0.15) is 0 Å². The molecule has 1 heterocycles. The van der Waals surface area contributed by atoms with E-state index in [9.17, 15) is 0 Å². The van der Waals surface area contributed by atoms with E-state index in [2.05, 4.69) is 24.1 Å². The Morgan fingerprint density at radius 2 is 1.74 bits per heavy atom. The van der Waals surface area contributed by atoms with Crippen molar-refractivity contribution in [1.82, 2.24) is 10.2 Å². The summed E-state index contributed by atoms with van der Waals surface area (Å²) in [4.78, 5) is 2.82.